The van der Waals surface area contributed by atoms with Crippen molar-refractivity contribution >= 4 is 23.1 Å². The molecular formula is C15H15N3O3. The smallest absolute Gasteiger partial charge is 0.323 e. The van der Waals surface area contributed by atoms with Crippen molar-refractivity contribution in [1.82, 2.24) is 0 Å². The lowest BCUT2D eigenvalue weighted by Crippen LogP contribution is -2.21. The van der Waals surface area contributed by atoms with Crippen molar-refractivity contribution in [3.8, 4) is 11.5 Å². The van der Waals surface area contributed by atoms with E-state index in [-0.39, 0.29) is 6.03 Å². The van der Waals surface area contributed by atoms with Gasteiger partial charge in [-0.05, 0) is 12.1 Å². The summed E-state index contributed by atoms with van der Waals surface area (Å²) in [6.45, 7) is 0.972. The fourth-order valence-electron chi connectivity index (χ4n) is 2.02. The second-order valence-electron chi connectivity index (χ2n) is 4.53. The summed E-state index contributed by atoms with van der Waals surface area (Å²) in [7, 11) is 0. The van der Waals surface area contributed by atoms with Crippen molar-refractivity contribution in [3.63, 3.8) is 0 Å². The van der Waals surface area contributed by atoms with Crippen LogP contribution in [-0.4, -0.2) is 19.2 Å². The first-order chi connectivity index (χ1) is 10.2. The van der Waals surface area contributed by atoms with Crippen molar-refractivity contribution in [2.75, 3.05) is 29.6 Å². The molecule has 0 unspecified atom stereocenters. The minimum Gasteiger partial charge on any atom is -0.486 e. The van der Waals surface area contributed by atoms with Crippen molar-refractivity contribution < 1.29 is 14.3 Å². The number of carbonyl (C=O) groups excluding carboxylic acids is 1. The van der Waals surface area contributed by atoms with E-state index in [0.29, 0.717) is 41.8 Å². The highest BCUT2D eigenvalue weighted by molar-refractivity contribution is 6.01. The second-order valence-corrected chi connectivity index (χ2v) is 4.53. The third-order valence-electron chi connectivity index (χ3n) is 2.99. The van der Waals surface area contributed by atoms with Gasteiger partial charge in [0.05, 0.1) is 11.4 Å². The molecule has 0 aliphatic carbocycles. The number of nitrogens with one attached hydrogen (secondary N) is 2. The maximum Gasteiger partial charge on any atom is 0.323 e. The number of carbonyl (C=O) groups is 1. The molecule has 1 aliphatic rings. The van der Waals surface area contributed by atoms with Crippen molar-refractivity contribution in [2.24, 2.45) is 0 Å². The van der Waals surface area contributed by atoms with Gasteiger partial charge in [0.2, 0.25) is 0 Å². The summed E-state index contributed by atoms with van der Waals surface area (Å²) in [6, 6.07) is 12.1. The lowest BCUT2D eigenvalue weighted by atomic mass is 10.2. The lowest BCUT2D eigenvalue weighted by molar-refractivity contribution is 0.172. The summed E-state index contributed by atoms with van der Waals surface area (Å²) in [5.74, 6) is 1.17. The number of anilines is 3. The highest BCUT2D eigenvalue weighted by Gasteiger charge is 2.15. The zero-order chi connectivity index (χ0) is 14.7. The maximum atomic E-state index is 12.0. The van der Waals surface area contributed by atoms with Crippen LogP contribution < -0.4 is 25.8 Å². The number of urea groups is 1. The third-order valence-corrected chi connectivity index (χ3v) is 2.99. The summed E-state index contributed by atoms with van der Waals surface area (Å²) in [5, 5.41) is 5.42. The molecule has 6 nitrogen and oxygen atoms in total. The molecule has 2 aromatic carbocycles. The van der Waals surface area contributed by atoms with Gasteiger partial charge in [0, 0.05) is 17.8 Å². The van der Waals surface area contributed by atoms with Crippen LogP contribution in [0.4, 0.5) is 21.9 Å². The molecule has 0 saturated carbocycles. The minimum absolute atomic E-state index is 0.371. The summed E-state index contributed by atoms with van der Waals surface area (Å²) in [6.07, 6.45) is 0. The van der Waals surface area contributed by atoms with Crippen LogP contribution in [0, 0.1) is 0 Å². The summed E-state index contributed by atoms with van der Waals surface area (Å²) in [5.41, 5.74) is 7.51. The van der Waals surface area contributed by atoms with Crippen LogP contribution >= 0.6 is 0 Å². The monoisotopic (exact) mass is 285 g/mol. The summed E-state index contributed by atoms with van der Waals surface area (Å²) in [4.78, 5) is 12.0. The highest BCUT2D eigenvalue weighted by atomic mass is 16.6. The van der Waals surface area contributed by atoms with E-state index in [0.717, 1.165) is 0 Å². The standard InChI is InChI=1S/C15H15N3O3/c16-11-8-13-14(21-7-6-20-13)9-12(11)18-15(19)17-10-4-2-1-3-5-10/h1-5,8-9H,6-7,16H2,(H2,17,18,19). The van der Waals surface area contributed by atoms with Gasteiger partial charge in [-0.1, -0.05) is 18.2 Å². The van der Waals surface area contributed by atoms with Crippen LogP contribution in [0.1, 0.15) is 0 Å². The Hall–Kier alpha value is -2.89. The molecule has 21 heavy (non-hydrogen) atoms. The number of hydrogen-bond donors (Lipinski definition) is 3. The zero-order valence-electron chi connectivity index (χ0n) is 11.3. The summed E-state index contributed by atoms with van der Waals surface area (Å²) < 4.78 is 10.9. The Morgan fingerprint density at radius 2 is 1.67 bits per heavy atom. The molecule has 0 saturated heterocycles. The Morgan fingerprint density at radius 3 is 2.38 bits per heavy atom. The van der Waals surface area contributed by atoms with E-state index >= 15 is 0 Å². The quantitative estimate of drug-likeness (QED) is 0.740. The minimum atomic E-state index is -0.371. The molecule has 1 heterocycles. The molecule has 108 valence electrons. The summed E-state index contributed by atoms with van der Waals surface area (Å²) >= 11 is 0. The number of fused-ring (bicyclic) bond motifs is 1. The van der Waals surface area contributed by atoms with E-state index in [9.17, 15) is 4.79 Å². The number of amides is 2. The van der Waals surface area contributed by atoms with E-state index in [4.69, 9.17) is 15.2 Å². The fraction of sp³-hybridized carbons (Fsp3) is 0.133. The van der Waals surface area contributed by atoms with E-state index in [1.165, 1.54) is 0 Å². The first kappa shape index (κ1) is 13.1. The van der Waals surface area contributed by atoms with E-state index in [1.807, 2.05) is 18.2 Å². The predicted molar refractivity (Wildman–Crippen MR) is 80.9 cm³/mol. The number of benzene rings is 2. The average Bonchev–Trinajstić information content (AvgIpc) is 2.49. The van der Waals surface area contributed by atoms with E-state index in [2.05, 4.69) is 10.6 Å². The molecule has 1 aliphatic heterocycles. The van der Waals surface area contributed by atoms with Crippen molar-refractivity contribution in [1.29, 1.82) is 0 Å². The van der Waals surface area contributed by atoms with Gasteiger partial charge in [0.15, 0.2) is 11.5 Å². The number of nitrogens with two attached hydrogens (primary N) is 1. The van der Waals surface area contributed by atoms with Gasteiger partial charge in [0.1, 0.15) is 13.2 Å². The number of ether oxygens (including phenoxy) is 2. The molecule has 3 rings (SSSR count). The first-order valence-electron chi connectivity index (χ1n) is 6.54. The normalized spacial score (nSPS) is 12.6. The molecule has 0 radical (unpaired) electrons. The average molecular weight is 285 g/mol. The molecule has 4 N–H and O–H groups in total. The fourth-order valence-corrected chi connectivity index (χ4v) is 2.02. The van der Waals surface area contributed by atoms with Crippen molar-refractivity contribution in [2.45, 2.75) is 0 Å². The topological polar surface area (TPSA) is 85.6 Å². The third kappa shape index (κ3) is 3.00. The van der Waals surface area contributed by atoms with E-state index < -0.39 is 0 Å². The number of rotatable bonds is 2. The van der Waals surface area contributed by atoms with Gasteiger partial charge >= 0.3 is 6.03 Å². The number of para-hydroxylation sites is 1. The zero-order valence-corrected chi connectivity index (χ0v) is 11.3. The molecule has 2 aromatic rings. The van der Waals surface area contributed by atoms with Gasteiger partial charge in [-0.25, -0.2) is 4.79 Å². The number of hydrogen-bond acceptors (Lipinski definition) is 4. The largest absolute Gasteiger partial charge is 0.486 e. The van der Waals surface area contributed by atoms with Crippen LogP contribution in [0.25, 0.3) is 0 Å². The lowest BCUT2D eigenvalue weighted by Gasteiger charge is -2.20. The second kappa shape index (κ2) is 5.62. The Kier molecular flexibility index (Phi) is 3.51. The van der Waals surface area contributed by atoms with Crippen LogP contribution in [0.2, 0.25) is 0 Å². The molecule has 0 aromatic heterocycles. The molecule has 0 spiro atoms. The van der Waals surface area contributed by atoms with Gasteiger partial charge in [0.25, 0.3) is 0 Å². The molecular weight excluding hydrogens is 270 g/mol. The van der Waals surface area contributed by atoms with Gasteiger partial charge < -0.3 is 25.8 Å². The van der Waals surface area contributed by atoms with Crippen LogP contribution in [-0.2, 0) is 0 Å². The van der Waals surface area contributed by atoms with Crippen LogP contribution in [0.3, 0.4) is 0 Å². The molecule has 0 fully saturated rings. The highest BCUT2D eigenvalue weighted by Crippen LogP contribution is 2.36. The Bertz CT molecular complexity index is 659. The van der Waals surface area contributed by atoms with Gasteiger partial charge in [-0.3, -0.25) is 0 Å². The van der Waals surface area contributed by atoms with Crippen LogP contribution in [0.5, 0.6) is 11.5 Å². The van der Waals surface area contributed by atoms with E-state index in [1.54, 1.807) is 24.3 Å². The van der Waals surface area contributed by atoms with Gasteiger partial charge in [-0.15, -0.1) is 0 Å². The molecule has 2 amide bonds. The predicted octanol–water partition coefficient (Wildman–Crippen LogP) is 2.68. The Labute approximate surface area is 121 Å². The van der Waals surface area contributed by atoms with Crippen LogP contribution in [0.15, 0.2) is 42.5 Å². The Morgan fingerprint density at radius 1 is 1.00 bits per heavy atom. The number of nitrogen functional groups attached to an aromatic ring is 1. The maximum absolute atomic E-state index is 12.0. The molecule has 6 heteroatoms. The molecule has 0 bridgehead atoms. The van der Waals surface area contributed by atoms with Crippen molar-refractivity contribution in [3.05, 3.63) is 42.5 Å². The molecule has 0 atom stereocenters. The SMILES string of the molecule is Nc1cc2c(cc1NC(=O)Nc1ccccc1)OCCO2. The Balaban J connectivity index is 1.74. The first-order valence-corrected chi connectivity index (χ1v) is 6.54. The van der Waals surface area contributed by atoms with Gasteiger partial charge in [-0.2, -0.15) is 0 Å².